The van der Waals surface area contributed by atoms with Crippen LogP contribution >= 0.6 is 0 Å². The summed E-state index contributed by atoms with van der Waals surface area (Å²) >= 11 is 0. The number of H-pyrrole nitrogens is 1. The number of aromatic amines is 1. The van der Waals surface area contributed by atoms with Crippen LogP contribution in [-0.2, 0) is 6.42 Å². The van der Waals surface area contributed by atoms with Gasteiger partial charge in [0, 0.05) is 16.6 Å². The SMILES string of the molecule is C[C@H]1CCCc2[nH]c3ccccc3c21. The molecule has 0 aliphatic heterocycles. The van der Waals surface area contributed by atoms with Gasteiger partial charge in [0.25, 0.3) is 0 Å². The molecule has 2 aromatic rings. The Morgan fingerprint density at radius 2 is 2.14 bits per heavy atom. The summed E-state index contributed by atoms with van der Waals surface area (Å²) in [4.78, 5) is 3.55. The number of hydrogen-bond acceptors (Lipinski definition) is 0. The second-order valence-electron chi connectivity index (χ2n) is 4.36. The third-order valence-electron chi connectivity index (χ3n) is 3.38. The minimum absolute atomic E-state index is 0.731. The van der Waals surface area contributed by atoms with Gasteiger partial charge >= 0.3 is 0 Å². The lowest BCUT2D eigenvalue weighted by Gasteiger charge is -2.18. The van der Waals surface area contributed by atoms with Crippen molar-refractivity contribution in [2.45, 2.75) is 32.1 Å². The van der Waals surface area contributed by atoms with Gasteiger partial charge in [-0.25, -0.2) is 0 Å². The fourth-order valence-electron chi connectivity index (χ4n) is 2.71. The maximum atomic E-state index is 3.55. The molecule has 0 bridgehead atoms. The van der Waals surface area contributed by atoms with Gasteiger partial charge in [0.2, 0.25) is 0 Å². The van der Waals surface area contributed by atoms with E-state index < -0.39 is 0 Å². The Hall–Kier alpha value is -1.24. The van der Waals surface area contributed by atoms with Crippen LogP contribution < -0.4 is 0 Å². The molecule has 72 valence electrons. The number of benzene rings is 1. The van der Waals surface area contributed by atoms with Crippen LogP contribution in [0.15, 0.2) is 24.3 Å². The first-order chi connectivity index (χ1) is 6.86. The van der Waals surface area contributed by atoms with Crippen LogP contribution in [0, 0.1) is 0 Å². The molecule has 0 spiro atoms. The first-order valence-corrected chi connectivity index (χ1v) is 5.46. The zero-order chi connectivity index (χ0) is 9.54. The molecule has 1 N–H and O–H groups in total. The van der Waals surface area contributed by atoms with E-state index in [1.165, 1.54) is 35.9 Å². The van der Waals surface area contributed by atoms with Crippen LogP contribution in [0.1, 0.15) is 36.9 Å². The van der Waals surface area contributed by atoms with Gasteiger partial charge in [0.15, 0.2) is 0 Å². The fraction of sp³-hybridized carbons (Fsp3) is 0.385. The average molecular weight is 185 g/mol. The number of aryl methyl sites for hydroxylation is 1. The molecular formula is C13H15N. The largest absolute Gasteiger partial charge is 0.358 e. The molecule has 14 heavy (non-hydrogen) atoms. The molecule has 1 aromatic heterocycles. The summed E-state index contributed by atoms with van der Waals surface area (Å²) in [5.41, 5.74) is 4.36. The molecule has 0 radical (unpaired) electrons. The molecule has 1 nitrogen and oxygen atoms in total. The molecule has 0 unspecified atom stereocenters. The van der Waals surface area contributed by atoms with Crippen molar-refractivity contribution in [1.29, 1.82) is 0 Å². The van der Waals surface area contributed by atoms with Crippen LogP contribution in [0.3, 0.4) is 0 Å². The summed E-state index contributed by atoms with van der Waals surface area (Å²) in [6, 6.07) is 8.67. The quantitative estimate of drug-likeness (QED) is 0.645. The molecule has 1 heteroatoms. The van der Waals surface area contributed by atoms with E-state index in [0.29, 0.717) is 0 Å². The molecule has 1 aromatic carbocycles. The highest BCUT2D eigenvalue weighted by Gasteiger charge is 2.20. The Kier molecular flexibility index (Phi) is 1.66. The Morgan fingerprint density at radius 1 is 1.29 bits per heavy atom. The predicted molar refractivity (Wildman–Crippen MR) is 59.7 cm³/mol. The van der Waals surface area contributed by atoms with Gasteiger partial charge in [-0.3, -0.25) is 0 Å². The van der Waals surface area contributed by atoms with E-state index in [-0.39, 0.29) is 0 Å². The molecular weight excluding hydrogens is 170 g/mol. The number of para-hydroxylation sites is 1. The van der Waals surface area contributed by atoms with Crippen molar-refractivity contribution in [2.24, 2.45) is 0 Å². The maximum absolute atomic E-state index is 3.55. The van der Waals surface area contributed by atoms with Crippen LogP contribution in [0.2, 0.25) is 0 Å². The lowest BCUT2D eigenvalue weighted by Crippen LogP contribution is -2.04. The first kappa shape index (κ1) is 8.10. The normalized spacial score (nSPS) is 21.1. The summed E-state index contributed by atoms with van der Waals surface area (Å²) in [5, 5.41) is 1.44. The average Bonchev–Trinajstić information content (AvgIpc) is 2.57. The number of rotatable bonds is 0. The van der Waals surface area contributed by atoms with Gasteiger partial charge in [0.1, 0.15) is 0 Å². The highest BCUT2D eigenvalue weighted by molar-refractivity contribution is 5.85. The van der Waals surface area contributed by atoms with Crippen LogP contribution in [-0.4, -0.2) is 4.98 Å². The molecule has 1 heterocycles. The van der Waals surface area contributed by atoms with Crippen molar-refractivity contribution >= 4 is 10.9 Å². The minimum Gasteiger partial charge on any atom is -0.358 e. The summed E-state index contributed by atoms with van der Waals surface area (Å²) in [5.74, 6) is 0.731. The highest BCUT2D eigenvalue weighted by Crippen LogP contribution is 2.36. The number of aromatic nitrogens is 1. The lowest BCUT2D eigenvalue weighted by molar-refractivity contribution is 0.589. The van der Waals surface area contributed by atoms with E-state index in [9.17, 15) is 0 Å². The van der Waals surface area contributed by atoms with E-state index in [4.69, 9.17) is 0 Å². The summed E-state index contributed by atoms with van der Waals surface area (Å²) < 4.78 is 0. The Bertz CT molecular complexity index is 467. The van der Waals surface area contributed by atoms with Crippen molar-refractivity contribution in [3.8, 4) is 0 Å². The van der Waals surface area contributed by atoms with E-state index in [1.807, 2.05) is 0 Å². The van der Waals surface area contributed by atoms with Crippen molar-refractivity contribution in [3.05, 3.63) is 35.5 Å². The van der Waals surface area contributed by atoms with Crippen molar-refractivity contribution in [3.63, 3.8) is 0 Å². The van der Waals surface area contributed by atoms with Gasteiger partial charge in [-0.1, -0.05) is 25.1 Å². The van der Waals surface area contributed by atoms with E-state index in [0.717, 1.165) is 5.92 Å². The number of fused-ring (bicyclic) bond motifs is 3. The Labute approximate surface area is 84.1 Å². The summed E-state index contributed by atoms with van der Waals surface area (Å²) in [6.45, 7) is 2.35. The lowest BCUT2D eigenvalue weighted by atomic mass is 9.87. The molecule has 1 aliphatic carbocycles. The molecule has 0 saturated heterocycles. The van der Waals surface area contributed by atoms with E-state index in [2.05, 4.69) is 36.2 Å². The first-order valence-electron chi connectivity index (χ1n) is 5.46. The maximum Gasteiger partial charge on any atom is 0.0459 e. The van der Waals surface area contributed by atoms with Crippen LogP contribution in [0.4, 0.5) is 0 Å². The smallest absolute Gasteiger partial charge is 0.0459 e. The molecule has 1 atom stereocenters. The van der Waals surface area contributed by atoms with Gasteiger partial charge in [-0.15, -0.1) is 0 Å². The standard InChI is InChI=1S/C13H15N/c1-9-5-4-8-12-13(9)10-6-2-3-7-11(10)14-12/h2-3,6-7,9,14H,4-5,8H2,1H3/t9-/m0/s1. The molecule has 0 saturated carbocycles. The zero-order valence-corrected chi connectivity index (χ0v) is 8.51. The minimum atomic E-state index is 0.731. The summed E-state index contributed by atoms with van der Waals surface area (Å²) in [7, 11) is 0. The van der Waals surface area contributed by atoms with E-state index in [1.54, 1.807) is 5.56 Å². The second-order valence-corrected chi connectivity index (χ2v) is 4.36. The van der Waals surface area contributed by atoms with Crippen molar-refractivity contribution in [2.75, 3.05) is 0 Å². The van der Waals surface area contributed by atoms with Crippen LogP contribution in [0.5, 0.6) is 0 Å². The Morgan fingerprint density at radius 3 is 3.07 bits per heavy atom. The highest BCUT2D eigenvalue weighted by atomic mass is 14.7. The topological polar surface area (TPSA) is 15.8 Å². The third-order valence-corrected chi connectivity index (χ3v) is 3.38. The van der Waals surface area contributed by atoms with E-state index >= 15 is 0 Å². The van der Waals surface area contributed by atoms with Gasteiger partial charge in [0.05, 0.1) is 0 Å². The monoisotopic (exact) mass is 185 g/mol. The second kappa shape index (κ2) is 2.88. The number of hydrogen-bond donors (Lipinski definition) is 1. The Balaban J connectivity index is 2.34. The summed E-state index contributed by atoms with van der Waals surface area (Å²) in [6.07, 6.45) is 3.91. The molecule has 0 fully saturated rings. The molecule has 0 amide bonds. The number of nitrogens with one attached hydrogen (secondary N) is 1. The predicted octanol–water partition coefficient (Wildman–Crippen LogP) is 3.61. The van der Waals surface area contributed by atoms with Gasteiger partial charge in [-0.2, -0.15) is 0 Å². The molecule has 1 aliphatic rings. The van der Waals surface area contributed by atoms with Crippen LogP contribution in [0.25, 0.3) is 10.9 Å². The third kappa shape index (κ3) is 1.02. The fourth-order valence-corrected chi connectivity index (χ4v) is 2.71. The van der Waals surface area contributed by atoms with Crippen molar-refractivity contribution in [1.82, 2.24) is 4.98 Å². The van der Waals surface area contributed by atoms with Gasteiger partial charge in [-0.05, 0) is 36.8 Å². The molecule has 3 rings (SSSR count). The van der Waals surface area contributed by atoms with Gasteiger partial charge < -0.3 is 4.98 Å². The van der Waals surface area contributed by atoms with Crippen molar-refractivity contribution < 1.29 is 0 Å². The zero-order valence-electron chi connectivity index (χ0n) is 8.51.